The second-order valence-electron chi connectivity index (χ2n) is 5.02. The SMILES string of the molecule is CNC1=CC(C2OCCCO2)C(C)(C)C=C1. The zero-order valence-electron chi connectivity index (χ0n) is 10.3. The Hall–Kier alpha value is -0.800. The zero-order chi connectivity index (χ0) is 11.6. The van der Waals surface area contributed by atoms with E-state index in [-0.39, 0.29) is 17.6 Å². The van der Waals surface area contributed by atoms with Crippen LogP contribution in [0.5, 0.6) is 0 Å². The molecule has 1 saturated heterocycles. The minimum Gasteiger partial charge on any atom is -0.388 e. The summed E-state index contributed by atoms with van der Waals surface area (Å²) in [4.78, 5) is 0. The van der Waals surface area contributed by atoms with E-state index in [9.17, 15) is 0 Å². The molecule has 0 aromatic rings. The van der Waals surface area contributed by atoms with Crippen LogP contribution in [0.15, 0.2) is 23.9 Å². The number of hydrogen-bond donors (Lipinski definition) is 1. The first kappa shape index (κ1) is 11.7. The van der Waals surface area contributed by atoms with Gasteiger partial charge in [0.1, 0.15) is 0 Å². The summed E-state index contributed by atoms with van der Waals surface area (Å²) in [5.41, 5.74) is 1.23. The Morgan fingerprint density at radius 3 is 2.62 bits per heavy atom. The van der Waals surface area contributed by atoms with Crippen molar-refractivity contribution in [1.29, 1.82) is 0 Å². The van der Waals surface area contributed by atoms with Gasteiger partial charge in [0.25, 0.3) is 0 Å². The lowest BCUT2D eigenvalue weighted by atomic mass is 9.75. The number of allylic oxidation sites excluding steroid dienone is 2. The Labute approximate surface area is 97.5 Å². The normalized spacial score (nSPS) is 29.9. The quantitative estimate of drug-likeness (QED) is 0.777. The van der Waals surface area contributed by atoms with Gasteiger partial charge >= 0.3 is 0 Å². The lowest BCUT2D eigenvalue weighted by Crippen LogP contribution is -2.40. The van der Waals surface area contributed by atoms with Crippen LogP contribution >= 0.6 is 0 Å². The van der Waals surface area contributed by atoms with Gasteiger partial charge in [-0.15, -0.1) is 0 Å². The molecular formula is C13H21NO2. The molecule has 1 heterocycles. The van der Waals surface area contributed by atoms with Crippen LogP contribution in [0.3, 0.4) is 0 Å². The van der Waals surface area contributed by atoms with Gasteiger partial charge in [-0.2, -0.15) is 0 Å². The first-order valence-corrected chi connectivity index (χ1v) is 5.95. The highest BCUT2D eigenvalue weighted by atomic mass is 16.7. The third kappa shape index (κ3) is 2.30. The van der Waals surface area contributed by atoms with Gasteiger partial charge in [0.15, 0.2) is 6.29 Å². The highest BCUT2D eigenvalue weighted by Gasteiger charge is 2.36. The van der Waals surface area contributed by atoms with Crippen molar-refractivity contribution in [1.82, 2.24) is 5.32 Å². The topological polar surface area (TPSA) is 30.5 Å². The van der Waals surface area contributed by atoms with Crippen molar-refractivity contribution >= 4 is 0 Å². The molecule has 3 nitrogen and oxygen atoms in total. The summed E-state index contributed by atoms with van der Waals surface area (Å²) < 4.78 is 11.4. The molecule has 90 valence electrons. The molecule has 0 bridgehead atoms. The Balaban J connectivity index is 2.15. The van der Waals surface area contributed by atoms with Crippen LogP contribution in [-0.2, 0) is 9.47 Å². The second kappa shape index (κ2) is 4.60. The number of likely N-dealkylation sites (N-methyl/N-ethyl adjacent to an activating group) is 1. The molecule has 0 aromatic carbocycles. The Morgan fingerprint density at radius 2 is 2.00 bits per heavy atom. The molecule has 0 aromatic heterocycles. The van der Waals surface area contributed by atoms with E-state index >= 15 is 0 Å². The molecule has 1 aliphatic heterocycles. The number of rotatable bonds is 2. The van der Waals surface area contributed by atoms with Crippen molar-refractivity contribution < 1.29 is 9.47 Å². The maximum atomic E-state index is 5.72. The fraction of sp³-hybridized carbons (Fsp3) is 0.692. The zero-order valence-corrected chi connectivity index (χ0v) is 10.3. The minimum absolute atomic E-state index is 0.0857. The van der Waals surface area contributed by atoms with E-state index in [4.69, 9.17) is 9.47 Å². The molecule has 1 N–H and O–H groups in total. The summed E-state index contributed by atoms with van der Waals surface area (Å²) in [5, 5.41) is 3.17. The Kier molecular flexibility index (Phi) is 3.36. The van der Waals surface area contributed by atoms with E-state index in [0.717, 1.165) is 25.3 Å². The minimum atomic E-state index is -0.1000. The summed E-state index contributed by atoms with van der Waals surface area (Å²) in [6.07, 6.45) is 7.47. The molecule has 2 rings (SSSR count). The smallest absolute Gasteiger partial charge is 0.164 e. The number of hydrogen-bond acceptors (Lipinski definition) is 3. The lowest BCUT2D eigenvalue weighted by molar-refractivity contribution is -0.208. The van der Waals surface area contributed by atoms with Gasteiger partial charge < -0.3 is 14.8 Å². The number of nitrogens with one attached hydrogen (secondary N) is 1. The molecule has 1 unspecified atom stereocenters. The third-order valence-corrected chi connectivity index (χ3v) is 3.35. The standard InChI is InChI=1S/C13H21NO2/c1-13(2)6-5-10(14-3)9-11(13)12-15-7-4-8-16-12/h5-6,9,11-12,14H,4,7-8H2,1-3H3. The highest BCUT2D eigenvalue weighted by molar-refractivity contribution is 5.27. The van der Waals surface area contributed by atoms with Crippen LogP contribution in [0.25, 0.3) is 0 Å². The molecule has 1 aliphatic carbocycles. The van der Waals surface area contributed by atoms with Crippen molar-refractivity contribution in [3.63, 3.8) is 0 Å². The van der Waals surface area contributed by atoms with Crippen molar-refractivity contribution in [3.8, 4) is 0 Å². The summed E-state index contributed by atoms with van der Waals surface area (Å²) in [6, 6.07) is 0. The van der Waals surface area contributed by atoms with Gasteiger partial charge in [0, 0.05) is 18.7 Å². The van der Waals surface area contributed by atoms with Gasteiger partial charge in [-0.25, -0.2) is 0 Å². The highest BCUT2D eigenvalue weighted by Crippen LogP contribution is 2.38. The van der Waals surface area contributed by atoms with E-state index < -0.39 is 0 Å². The van der Waals surface area contributed by atoms with E-state index in [0.29, 0.717) is 0 Å². The molecule has 0 amide bonds. The van der Waals surface area contributed by atoms with Gasteiger partial charge in [0.05, 0.1) is 13.2 Å². The van der Waals surface area contributed by atoms with Crippen LogP contribution in [-0.4, -0.2) is 26.6 Å². The fourth-order valence-corrected chi connectivity index (χ4v) is 2.19. The number of ether oxygens (including phenoxy) is 2. The summed E-state index contributed by atoms with van der Waals surface area (Å²) in [6.45, 7) is 6.06. The first-order chi connectivity index (χ1) is 7.63. The van der Waals surface area contributed by atoms with Crippen LogP contribution < -0.4 is 5.32 Å². The van der Waals surface area contributed by atoms with Crippen LogP contribution in [0.2, 0.25) is 0 Å². The average Bonchev–Trinajstić information content (AvgIpc) is 2.30. The molecule has 0 spiro atoms. The van der Waals surface area contributed by atoms with Crippen LogP contribution in [0.4, 0.5) is 0 Å². The van der Waals surface area contributed by atoms with Gasteiger partial charge in [0.2, 0.25) is 0 Å². The van der Waals surface area contributed by atoms with E-state index in [1.165, 1.54) is 0 Å². The summed E-state index contributed by atoms with van der Waals surface area (Å²) >= 11 is 0. The van der Waals surface area contributed by atoms with Crippen molar-refractivity contribution in [2.24, 2.45) is 11.3 Å². The van der Waals surface area contributed by atoms with Crippen LogP contribution in [0, 0.1) is 11.3 Å². The Morgan fingerprint density at radius 1 is 1.31 bits per heavy atom. The predicted octanol–water partition coefficient (Wildman–Crippen LogP) is 2.06. The van der Waals surface area contributed by atoms with Crippen molar-refractivity contribution in [2.45, 2.75) is 26.6 Å². The lowest BCUT2D eigenvalue weighted by Gasteiger charge is -2.39. The fourth-order valence-electron chi connectivity index (χ4n) is 2.19. The predicted molar refractivity (Wildman–Crippen MR) is 63.9 cm³/mol. The summed E-state index contributed by atoms with van der Waals surface area (Å²) in [7, 11) is 1.94. The average molecular weight is 223 g/mol. The van der Waals surface area contributed by atoms with Crippen LogP contribution in [0.1, 0.15) is 20.3 Å². The van der Waals surface area contributed by atoms with E-state index in [2.05, 4.69) is 37.4 Å². The molecule has 1 fully saturated rings. The Bertz CT molecular complexity index is 301. The maximum Gasteiger partial charge on any atom is 0.164 e. The second-order valence-corrected chi connectivity index (χ2v) is 5.02. The molecule has 1 atom stereocenters. The van der Waals surface area contributed by atoms with Gasteiger partial charge in [-0.1, -0.05) is 26.0 Å². The molecular weight excluding hydrogens is 202 g/mol. The molecule has 0 radical (unpaired) electrons. The monoisotopic (exact) mass is 223 g/mol. The van der Waals surface area contributed by atoms with E-state index in [1.54, 1.807) is 0 Å². The van der Waals surface area contributed by atoms with E-state index in [1.807, 2.05) is 7.05 Å². The third-order valence-electron chi connectivity index (χ3n) is 3.35. The van der Waals surface area contributed by atoms with Crippen molar-refractivity contribution in [2.75, 3.05) is 20.3 Å². The first-order valence-electron chi connectivity index (χ1n) is 5.95. The van der Waals surface area contributed by atoms with Gasteiger partial charge in [-0.3, -0.25) is 0 Å². The van der Waals surface area contributed by atoms with Crippen molar-refractivity contribution in [3.05, 3.63) is 23.9 Å². The largest absolute Gasteiger partial charge is 0.388 e. The molecule has 16 heavy (non-hydrogen) atoms. The molecule has 0 saturated carbocycles. The summed E-state index contributed by atoms with van der Waals surface area (Å²) in [5.74, 6) is 0.278. The molecule has 3 heteroatoms. The maximum absolute atomic E-state index is 5.72. The molecule has 2 aliphatic rings. The van der Waals surface area contributed by atoms with Gasteiger partial charge in [-0.05, 0) is 17.9 Å².